The van der Waals surface area contributed by atoms with Crippen LogP contribution in [0.25, 0.3) is 22.2 Å². The molecule has 0 radical (unpaired) electrons. The Labute approximate surface area is 418 Å². The zero-order chi connectivity index (χ0) is 52.6. The number of nitrogens with one attached hydrogen (secondary N) is 4. The number of anilines is 2. The highest BCUT2D eigenvalue weighted by molar-refractivity contribution is 7.90. The van der Waals surface area contributed by atoms with Crippen LogP contribution in [0.3, 0.4) is 0 Å². The van der Waals surface area contributed by atoms with Gasteiger partial charge in [-0.15, -0.1) is 0 Å². The number of carbonyl (C=O) groups excluding carboxylic acids is 4. The van der Waals surface area contributed by atoms with E-state index in [9.17, 15) is 40.8 Å². The van der Waals surface area contributed by atoms with Gasteiger partial charge in [-0.1, -0.05) is 43.3 Å². The molecule has 3 aliphatic heterocycles. The van der Waals surface area contributed by atoms with Crippen LogP contribution in [0.15, 0.2) is 79.1 Å². The van der Waals surface area contributed by atoms with Crippen LogP contribution in [0.2, 0.25) is 0 Å². The van der Waals surface area contributed by atoms with Gasteiger partial charge in [-0.3, -0.25) is 34.1 Å². The number of fused-ring (bicyclic) bond motifs is 1. The molecular weight excluding hydrogens is 982 g/mol. The van der Waals surface area contributed by atoms with Gasteiger partial charge < -0.3 is 25.2 Å². The molecule has 0 spiro atoms. The van der Waals surface area contributed by atoms with Crippen LogP contribution < -0.4 is 15.4 Å². The van der Waals surface area contributed by atoms with Crippen molar-refractivity contribution < 1.29 is 59.4 Å². The Bertz CT molecular complexity index is 2920. The molecule has 3 amide bonds. The molecule has 1 atom stereocenters. The van der Waals surface area contributed by atoms with E-state index in [1.54, 1.807) is 19.2 Å². The third kappa shape index (κ3) is 13.6. The van der Waals surface area contributed by atoms with E-state index in [1.165, 1.54) is 18.8 Å². The van der Waals surface area contributed by atoms with Crippen LogP contribution in [0.4, 0.5) is 33.3 Å². The number of amides is 3. The average Bonchev–Trinajstić information content (AvgIpc) is 3.80. The molecule has 2 aromatic heterocycles. The maximum atomic E-state index is 15.6. The monoisotopic (exact) mass is 1040 g/mol. The van der Waals surface area contributed by atoms with E-state index in [-0.39, 0.29) is 29.8 Å². The van der Waals surface area contributed by atoms with Crippen LogP contribution in [-0.4, -0.2) is 144 Å². The van der Waals surface area contributed by atoms with Gasteiger partial charge in [-0.25, -0.2) is 18.6 Å². The van der Waals surface area contributed by atoms with Gasteiger partial charge in [0, 0.05) is 93.8 Å². The van der Waals surface area contributed by atoms with Crippen molar-refractivity contribution in [1.82, 2.24) is 34.3 Å². The number of ketones is 1. The molecule has 73 heavy (non-hydrogen) atoms. The second-order valence-electron chi connectivity index (χ2n) is 18.1. The van der Waals surface area contributed by atoms with Crippen LogP contribution in [0.5, 0.6) is 0 Å². The lowest BCUT2D eigenvalue weighted by molar-refractivity contribution is -0.192. The topological polar surface area (TPSA) is 217 Å². The van der Waals surface area contributed by atoms with E-state index in [0.29, 0.717) is 54.9 Å². The molecule has 17 nitrogen and oxygen atoms in total. The van der Waals surface area contributed by atoms with Crippen molar-refractivity contribution in [2.45, 2.75) is 70.1 Å². The molecule has 23 heteroatoms. The first-order valence-electron chi connectivity index (χ1n) is 23.8. The summed E-state index contributed by atoms with van der Waals surface area (Å²) in [6.07, 6.45) is 2.21. The van der Waals surface area contributed by atoms with Gasteiger partial charge in [0.25, 0.3) is 0 Å². The summed E-state index contributed by atoms with van der Waals surface area (Å²) >= 11 is 0. The van der Waals surface area contributed by atoms with Gasteiger partial charge in [-0.2, -0.15) is 25.9 Å². The first kappa shape index (κ1) is 54.0. The molecule has 3 saturated heterocycles. The Hall–Kier alpha value is -6.82. The summed E-state index contributed by atoms with van der Waals surface area (Å²) in [6.45, 7) is 8.21. The van der Waals surface area contributed by atoms with Gasteiger partial charge in [0.1, 0.15) is 17.5 Å². The largest absolute Gasteiger partial charge is 0.490 e. The maximum Gasteiger partial charge on any atom is 0.490 e. The van der Waals surface area contributed by atoms with Crippen LogP contribution >= 0.6 is 0 Å². The number of alkyl halides is 3. The molecule has 0 saturated carbocycles. The number of nitrogens with zero attached hydrogens (tertiary/aromatic N) is 5. The number of carbonyl (C=O) groups is 5. The predicted molar refractivity (Wildman–Crippen MR) is 262 cm³/mol. The van der Waals surface area contributed by atoms with Gasteiger partial charge >= 0.3 is 22.4 Å². The smallest absolute Gasteiger partial charge is 0.475 e. The molecule has 0 bridgehead atoms. The molecule has 390 valence electrons. The Morgan fingerprint density at radius 2 is 1.56 bits per heavy atom. The maximum absolute atomic E-state index is 15.6. The lowest BCUT2D eigenvalue weighted by Crippen LogP contribution is -2.48. The Morgan fingerprint density at radius 1 is 0.890 bits per heavy atom. The number of carboxylic acid groups (broad SMARTS) is 1. The van der Waals surface area contributed by atoms with Crippen molar-refractivity contribution >= 4 is 62.1 Å². The first-order valence-corrected chi connectivity index (χ1v) is 25.2. The molecule has 1 unspecified atom stereocenters. The number of H-pyrrole nitrogens is 1. The summed E-state index contributed by atoms with van der Waals surface area (Å²) in [5.74, 6) is -6.00. The van der Waals surface area contributed by atoms with E-state index in [2.05, 4.69) is 47.3 Å². The highest BCUT2D eigenvalue weighted by atomic mass is 32.2. The van der Waals surface area contributed by atoms with Crippen LogP contribution in [0.1, 0.15) is 78.4 Å². The number of likely N-dealkylation sites (tertiary alicyclic amines) is 1. The molecule has 3 aliphatic rings. The van der Waals surface area contributed by atoms with Gasteiger partial charge in [0.2, 0.25) is 23.5 Å². The zero-order valence-electron chi connectivity index (χ0n) is 40.1. The molecule has 3 aromatic carbocycles. The number of carboxylic acids is 1. The van der Waals surface area contributed by atoms with Crippen molar-refractivity contribution in [2.24, 2.45) is 0 Å². The van der Waals surface area contributed by atoms with Gasteiger partial charge in [-0.05, 0) is 98.3 Å². The fourth-order valence-corrected chi connectivity index (χ4v) is 9.84. The van der Waals surface area contributed by atoms with Crippen molar-refractivity contribution in [1.29, 1.82) is 0 Å². The van der Waals surface area contributed by atoms with E-state index in [1.807, 2.05) is 41.3 Å². The number of piperazine rings is 1. The number of aromatic amines is 1. The normalized spacial score (nSPS) is 17.3. The molecule has 5 heterocycles. The Kier molecular flexibility index (Phi) is 17.3. The SMILES string of the molecule is CCN(C)S(=O)(=O)Nc1ccc(F)c(C(=O)c2c[nH]c3ncc(-c4ccc(CN5CCN(C(=O)CCCN6CCC(c7ccc(NC8CCC(=O)NC8=O)cc7)CC6)CC5)cc4)cc23)c1F.O=C(O)C(F)(F)F. The fourth-order valence-electron chi connectivity index (χ4n) is 8.91. The highest BCUT2D eigenvalue weighted by Crippen LogP contribution is 2.32. The minimum atomic E-state index is -5.08. The summed E-state index contributed by atoms with van der Waals surface area (Å²) in [5, 5.41) is 13.1. The van der Waals surface area contributed by atoms with Crippen molar-refractivity contribution in [3.8, 4) is 11.1 Å². The number of imide groups is 1. The number of hydrogen-bond acceptors (Lipinski definition) is 11. The van der Waals surface area contributed by atoms with E-state index < -0.39 is 57.1 Å². The lowest BCUT2D eigenvalue weighted by atomic mass is 9.89. The van der Waals surface area contributed by atoms with Crippen molar-refractivity contribution in [2.75, 3.05) is 69.4 Å². The molecule has 5 aromatic rings. The number of benzene rings is 3. The van der Waals surface area contributed by atoms with E-state index >= 15 is 8.78 Å². The summed E-state index contributed by atoms with van der Waals surface area (Å²) in [7, 11) is -2.83. The third-order valence-electron chi connectivity index (χ3n) is 13.3. The fraction of sp³-hybridized carbons (Fsp3) is 0.400. The minimum Gasteiger partial charge on any atom is -0.475 e. The summed E-state index contributed by atoms with van der Waals surface area (Å²) < 4.78 is 90.5. The van der Waals surface area contributed by atoms with Crippen LogP contribution in [-0.2, 0) is 35.9 Å². The Morgan fingerprint density at radius 3 is 2.19 bits per heavy atom. The number of halogens is 5. The van der Waals surface area contributed by atoms with Gasteiger partial charge in [0.15, 0.2) is 5.82 Å². The number of rotatable bonds is 16. The third-order valence-corrected chi connectivity index (χ3v) is 14.8. The van der Waals surface area contributed by atoms with Gasteiger partial charge in [0.05, 0.1) is 11.3 Å². The number of pyridine rings is 1. The Balaban J connectivity index is 0.00000104. The average molecular weight is 1040 g/mol. The standard InChI is InChI=1S/C48H55F2N9O6S.C2HF3O2/c1-3-56(2)66(64,65)55-40-15-14-39(49)44(45(40)50)46(62)38-29-52-47-37(38)27-35(28-51-47)33-8-6-31(7-9-33)30-58-23-25-59(26-24-58)43(61)5-4-20-57-21-18-34(19-22-57)32-10-12-36(13-11-32)53-41-16-17-42(60)54-48(41)63;3-2(4,5)1(6)7/h6-15,27-29,34,41,53,55H,3-5,16-26,30H2,1-2H3,(H,51,52)(H,54,60,63);(H,6,7). The second kappa shape index (κ2) is 23.4. The number of aromatic nitrogens is 2. The minimum absolute atomic E-state index is 0.0161. The summed E-state index contributed by atoms with van der Waals surface area (Å²) in [6, 6.07) is 19.4. The summed E-state index contributed by atoms with van der Waals surface area (Å²) in [4.78, 5) is 73.4. The number of piperidine rings is 2. The van der Waals surface area contributed by atoms with Crippen molar-refractivity contribution in [3.05, 3.63) is 113 Å². The van der Waals surface area contributed by atoms with E-state index in [0.717, 1.165) is 91.8 Å². The van der Waals surface area contributed by atoms with E-state index in [4.69, 9.17) is 9.90 Å². The molecular formula is C50H56F5N9O8S. The molecule has 3 fully saturated rings. The zero-order valence-corrected chi connectivity index (χ0v) is 40.9. The molecule has 0 aliphatic carbocycles. The quantitative estimate of drug-likeness (QED) is 0.0407. The lowest BCUT2D eigenvalue weighted by Gasteiger charge is -2.35. The molecule has 5 N–H and O–H groups in total. The highest BCUT2D eigenvalue weighted by Gasteiger charge is 2.38. The van der Waals surface area contributed by atoms with Crippen molar-refractivity contribution in [3.63, 3.8) is 0 Å². The van der Waals surface area contributed by atoms with Crippen LogP contribution in [0, 0.1) is 11.6 Å². The number of aliphatic carboxylic acids is 1. The second-order valence-corrected chi connectivity index (χ2v) is 19.9. The predicted octanol–water partition coefficient (Wildman–Crippen LogP) is 6.50. The molecule has 8 rings (SSSR count). The summed E-state index contributed by atoms with van der Waals surface area (Å²) in [5.41, 5.74) is 3.67. The first-order chi connectivity index (χ1) is 34.7. The number of hydrogen-bond donors (Lipinski definition) is 5.